The highest BCUT2D eigenvalue weighted by molar-refractivity contribution is 5.58. The van der Waals surface area contributed by atoms with Crippen LogP contribution in [0, 0.1) is 0 Å². The minimum absolute atomic E-state index is 0.564. The molecule has 0 fully saturated rings. The number of ether oxygens (including phenoxy) is 2. The second-order valence-electron chi connectivity index (χ2n) is 5.00. The van der Waals surface area contributed by atoms with Crippen LogP contribution in [-0.2, 0) is 19.4 Å². The summed E-state index contributed by atoms with van der Waals surface area (Å²) in [5.74, 6) is 3.30. The lowest BCUT2D eigenvalue weighted by Crippen LogP contribution is -2.16. The minimum Gasteiger partial charge on any atom is -0.486 e. The van der Waals surface area contributed by atoms with Crippen molar-refractivity contribution in [3.63, 3.8) is 0 Å². The third-order valence-electron chi connectivity index (χ3n) is 3.55. The molecule has 6 heteroatoms. The number of fused-ring (bicyclic) bond motifs is 1. The molecule has 0 radical (unpaired) electrons. The Morgan fingerprint density at radius 1 is 1.14 bits per heavy atom. The normalized spacial score (nSPS) is 13.4. The van der Waals surface area contributed by atoms with Gasteiger partial charge in [-0.25, -0.2) is 9.67 Å². The summed E-state index contributed by atoms with van der Waals surface area (Å²) >= 11 is 0. The Balaban J connectivity index is 1.92. The number of hydrogen-bond acceptors (Lipinski definition) is 5. The first kappa shape index (κ1) is 13.7. The van der Waals surface area contributed by atoms with Gasteiger partial charge in [0, 0.05) is 30.2 Å². The summed E-state index contributed by atoms with van der Waals surface area (Å²) in [4.78, 5) is 4.52. The molecular formula is C15H20N4O2. The number of hydrogen-bond donors (Lipinski definition) is 1. The minimum atomic E-state index is 0.564. The smallest absolute Gasteiger partial charge is 0.163 e. The molecule has 2 heterocycles. The Bertz CT molecular complexity index is 651. The fourth-order valence-corrected chi connectivity index (χ4v) is 2.41. The van der Waals surface area contributed by atoms with Gasteiger partial charge in [0.1, 0.15) is 19.0 Å². The zero-order valence-electron chi connectivity index (χ0n) is 12.4. The maximum Gasteiger partial charge on any atom is 0.163 e. The Morgan fingerprint density at radius 3 is 2.52 bits per heavy atom. The number of aromatic nitrogens is 3. The molecule has 0 unspecified atom stereocenters. The predicted octanol–water partition coefficient (Wildman–Crippen LogP) is 1.80. The molecule has 0 saturated carbocycles. The van der Waals surface area contributed by atoms with E-state index in [0.717, 1.165) is 35.8 Å². The molecule has 1 aromatic carbocycles. The van der Waals surface area contributed by atoms with E-state index in [9.17, 15) is 0 Å². The topological polar surface area (TPSA) is 75.2 Å². The maximum absolute atomic E-state index is 6.13. The van der Waals surface area contributed by atoms with Crippen LogP contribution in [0.2, 0.25) is 0 Å². The predicted molar refractivity (Wildman–Crippen MR) is 79.7 cm³/mol. The van der Waals surface area contributed by atoms with E-state index in [4.69, 9.17) is 15.2 Å². The quantitative estimate of drug-likeness (QED) is 0.868. The van der Waals surface area contributed by atoms with Crippen LogP contribution in [0.1, 0.15) is 31.1 Å². The van der Waals surface area contributed by atoms with Gasteiger partial charge in [-0.15, -0.1) is 0 Å². The van der Waals surface area contributed by atoms with Crippen molar-refractivity contribution in [2.24, 2.45) is 0 Å². The van der Waals surface area contributed by atoms with Crippen molar-refractivity contribution in [3.05, 3.63) is 29.3 Å². The third-order valence-corrected chi connectivity index (χ3v) is 3.55. The molecule has 0 aliphatic carbocycles. The van der Waals surface area contributed by atoms with Crippen LogP contribution >= 0.6 is 0 Å². The number of rotatable bonds is 4. The lowest BCUT2D eigenvalue weighted by Gasteiger charge is -2.20. The molecular weight excluding hydrogens is 268 g/mol. The van der Waals surface area contributed by atoms with Crippen LogP contribution in [0.4, 0.5) is 5.69 Å². The van der Waals surface area contributed by atoms with E-state index in [2.05, 4.69) is 23.9 Å². The van der Waals surface area contributed by atoms with Crippen molar-refractivity contribution >= 4 is 5.69 Å². The van der Waals surface area contributed by atoms with Gasteiger partial charge in [0.05, 0.1) is 6.54 Å². The molecule has 0 bridgehead atoms. The molecule has 1 aromatic heterocycles. The van der Waals surface area contributed by atoms with E-state index in [0.29, 0.717) is 31.2 Å². The standard InChI is InChI=1S/C15H20N4O2/c1-3-14-17-15(4-2)19(18-14)9-10-7-12-13(8-11(10)16)21-6-5-20-12/h7-8H,3-6,9,16H2,1-2H3. The Kier molecular flexibility index (Phi) is 3.68. The van der Waals surface area contributed by atoms with Gasteiger partial charge in [-0.1, -0.05) is 13.8 Å². The molecule has 0 saturated heterocycles. The first-order chi connectivity index (χ1) is 10.2. The third kappa shape index (κ3) is 2.66. The maximum atomic E-state index is 6.13. The van der Waals surface area contributed by atoms with Gasteiger partial charge in [-0.2, -0.15) is 5.10 Å². The lowest BCUT2D eigenvalue weighted by atomic mass is 10.1. The molecule has 0 atom stereocenters. The van der Waals surface area contributed by atoms with Crippen molar-refractivity contribution in [3.8, 4) is 11.5 Å². The molecule has 21 heavy (non-hydrogen) atoms. The molecule has 0 amide bonds. The zero-order valence-corrected chi connectivity index (χ0v) is 12.4. The van der Waals surface area contributed by atoms with Crippen LogP contribution in [0.3, 0.4) is 0 Å². The van der Waals surface area contributed by atoms with Gasteiger partial charge < -0.3 is 15.2 Å². The summed E-state index contributed by atoms with van der Waals surface area (Å²) in [5, 5.41) is 4.53. The molecule has 1 aliphatic heterocycles. The highest BCUT2D eigenvalue weighted by atomic mass is 16.6. The van der Waals surface area contributed by atoms with Gasteiger partial charge in [0.25, 0.3) is 0 Å². The first-order valence-electron chi connectivity index (χ1n) is 7.31. The van der Waals surface area contributed by atoms with E-state index in [1.54, 1.807) is 0 Å². The van der Waals surface area contributed by atoms with Crippen molar-refractivity contribution < 1.29 is 9.47 Å². The number of benzene rings is 1. The first-order valence-corrected chi connectivity index (χ1v) is 7.31. The Morgan fingerprint density at radius 2 is 1.86 bits per heavy atom. The summed E-state index contributed by atoms with van der Waals surface area (Å²) in [6, 6.07) is 3.77. The molecule has 1 aliphatic rings. The second kappa shape index (κ2) is 5.63. The average Bonchev–Trinajstić information content (AvgIpc) is 2.90. The highest BCUT2D eigenvalue weighted by Gasteiger charge is 2.16. The molecule has 6 nitrogen and oxygen atoms in total. The van der Waals surface area contributed by atoms with Gasteiger partial charge in [-0.3, -0.25) is 0 Å². The van der Waals surface area contributed by atoms with Gasteiger partial charge in [0.2, 0.25) is 0 Å². The van der Waals surface area contributed by atoms with Crippen LogP contribution in [-0.4, -0.2) is 28.0 Å². The number of anilines is 1. The lowest BCUT2D eigenvalue weighted by molar-refractivity contribution is 0.171. The summed E-state index contributed by atoms with van der Waals surface area (Å²) in [6.45, 7) is 5.86. The monoisotopic (exact) mass is 288 g/mol. The summed E-state index contributed by atoms with van der Waals surface area (Å²) in [7, 11) is 0. The van der Waals surface area contributed by atoms with E-state index in [1.807, 2.05) is 16.8 Å². The Hall–Kier alpha value is -2.24. The van der Waals surface area contributed by atoms with E-state index in [1.165, 1.54) is 0 Å². The number of aryl methyl sites for hydroxylation is 2. The van der Waals surface area contributed by atoms with Crippen molar-refractivity contribution in [1.29, 1.82) is 0 Å². The molecule has 2 N–H and O–H groups in total. The summed E-state index contributed by atoms with van der Waals surface area (Å²) in [5.41, 5.74) is 7.79. The summed E-state index contributed by atoms with van der Waals surface area (Å²) in [6.07, 6.45) is 1.67. The van der Waals surface area contributed by atoms with Crippen LogP contribution < -0.4 is 15.2 Å². The van der Waals surface area contributed by atoms with E-state index >= 15 is 0 Å². The van der Waals surface area contributed by atoms with Crippen LogP contribution in [0.25, 0.3) is 0 Å². The van der Waals surface area contributed by atoms with Gasteiger partial charge in [0.15, 0.2) is 17.3 Å². The number of nitrogen functional groups attached to an aromatic ring is 1. The van der Waals surface area contributed by atoms with E-state index in [-0.39, 0.29) is 0 Å². The van der Waals surface area contributed by atoms with Crippen molar-refractivity contribution in [1.82, 2.24) is 14.8 Å². The highest BCUT2D eigenvalue weighted by Crippen LogP contribution is 2.34. The number of nitrogens with zero attached hydrogens (tertiary/aromatic N) is 3. The average molecular weight is 288 g/mol. The van der Waals surface area contributed by atoms with Crippen LogP contribution in [0.15, 0.2) is 12.1 Å². The van der Waals surface area contributed by atoms with Crippen LogP contribution in [0.5, 0.6) is 11.5 Å². The molecule has 112 valence electrons. The molecule has 0 spiro atoms. The van der Waals surface area contributed by atoms with Gasteiger partial charge >= 0.3 is 0 Å². The van der Waals surface area contributed by atoms with Crippen molar-refractivity contribution in [2.75, 3.05) is 18.9 Å². The SMILES string of the molecule is CCc1nc(CC)n(Cc2cc3c(cc2N)OCCO3)n1. The summed E-state index contributed by atoms with van der Waals surface area (Å²) < 4.78 is 13.1. The molecule has 3 rings (SSSR count). The zero-order chi connectivity index (χ0) is 14.8. The van der Waals surface area contributed by atoms with Gasteiger partial charge in [-0.05, 0) is 6.07 Å². The molecule has 2 aromatic rings. The van der Waals surface area contributed by atoms with E-state index < -0.39 is 0 Å². The fraction of sp³-hybridized carbons (Fsp3) is 0.467. The second-order valence-corrected chi connectivity index (χ2v) is 5.00. The van der Waals surface area contributed by atoms with Crippen molar-refractivity contribution in [2.45, 2.75) is 33.2 Å². The largest absolute Gasteiger partial charge is 0.486 e. The Labute approximate surface area is 123 Å². The fourth-order valence-electron chi connectivity index (χ4n) is 2.41. The number of nitrogens with two attached hydrogens (primary N) is 1.